The summed E-state index contributed by atoms with van der Waals surface area (Å²) in [7, 11) is 1.78. The first kappa shape index (κ1) is 16.7. The van der Waals surface area contributed by atoms with E-state index in [1.54, 1.807) is 23.7 Å². The number of halogens is 1. The first-order valence-electron chi connectivity index (χ1n) is 7.27. The summed E-state index contributed by atoms with van der Waals surface area (Å²) >= 11 is 7.43. The molecule has 0 unspecified atom stereocenters. The minimum atomic E-state index is -0.661. The lowest BCUT2D eigenvalue weighted by molar-refractivity contribution is -0.130. The molecule has 3 nitrogen and oxygen atoms in total. The lowest BCUT2D eigenvalue weighted by atomic mass is 10.0. The summed E-state index contributed by atoms with van der Waals surface area (Å²) in [5.74, 6) is 1.31. The molecule has 1 amide bonds. The normalized spacial score (nSPS) is 16.9. The van der Waals surface area contributed by atoms with E-state index in [-0.39, 0.29) is 5.91 Å². The fourth-order valence-corrected chi connectivity index (χ4v) is 3.72. The van der Waals surface area contributed by atoms with Crippen LogP contribution in [0, 0.1) is 0 Å². The number of benzene rings is 1. The van der Waals surface area contributed by atoms with Crippen molar-refractivity contribution in [3.05, 3.63) is 34.9 Å². The molecule has 1 aliphatic rings. The number of likely N-dealkylation sites (N-methyl/N-ethyl adjacent to an activating group) is 1. The Balaban J connectivity index is 1.72. The molecular weight excluding hydrogens is 306 g/mol. The van der Waals surface area contributed by atoms with Gasteiger partial charge in [0.25, 0.3) is 0 Å². The Morgan fingerprint density at radius 3 is 2.57 bits per heavy atom. The molecule has 1 aromatic rings. The minimum Gasteiger partial charge on any atom is -0.388 e. The fourth-order valence-electron chi connectivity index (χ4n) is 2.67. The predicted molar refractivity (Wildman–Crippen MR) is 88.7 cm³/mol. The van der Waals surface area contributed by atoms with E-state index in [1.165, 1.54) is 0 Å². The van der Waals surface area contributed by atoms with Crippen LogP contribution in [-0.4, -0.2) is 40.9 Å². The van der Waals surface area contributed by atoms with Gasteiger partial charge >= 0.3 is 0 Å². The smallest absolute Gasteiger partial charge is 0.232 e. The molecule has 0 spiro atoms. The maximum absolute atomic E-state index is 12.1. The largest absolute Gasteiger partial charge is 0.388 e. The maximum atomic E-state index is 12.1. The zero-order valence-corrected chi connectivity index (χ0v) is 13.9. The summed E-state index contributed by atoms with van der Waals surface area (Å²) in [5, 5.41) is 11.1. The molecule has 1 aromatic carbocycles. The van der Waals surface area contributed by atoms with Gasteiger partial charge in [-0.05, 0) is 30.5 Å². The molecule has 116 valence electrons. The van der Waals surface area contributed by atoms with Crippen molar-refractivity contribution in [2.75, 3.05) is 19.3 Å². The van der Waals surface area contributed by atoms with Gasteiger partial charge < -0.3 is 10.0 Å². The van der Waals surface area contributed by atoms with Gasteiger partial charge in [0.1, 0.15) is 0 Å². The van der Waals surface area contributed by atoms with Crippen molar-refractivity contribution in [1.29, 1.82) is 0 Å². The molecule has 0 heterocycles. The second-order valence-electron chi connectivity index (χ2n) is 5.80. The molecule has 2 rings (SSSR count). The summed E-state index contributed by atoms with van der Waals surface area (Å²) in [6.07, 6.45) is 3.73. The monoisotopic (exact) mass is 327 g/mol. The van der Waals surface area contributed by atoms with E-state index in [9.17, 15) is 9.90 Å². The molecule has 5 heteroatoms. The van der Waals surface area contributed by atoms with Crippen molar-refractivity contribution in [3.8, 4) is 0 Å². The maximum Gasteiger partial charge on any atom is 0.232 e. The fraction of sp³-hybridized carbons (Fsp3) is 0.562. The zero-order valence-electron chi connectivity index (χ0n) is 12.3. The van der Waals surface area contributed by atoms with E-state index >= 15 is 0 Å². The van der Waals surface area contributed by atoms with Crippen LogP contribution in [-0.2, 0) is 10.5 Å². The molecular formula is C16H22ClNO2S. The Kier molecular flexibility index (Phi) is 5.97. The van der Waals surface area contributed by atoms with Crippen molar-refractivity contribution in [1.82, 2.24) is 4.90 Å². The Hall–Kier alpha value is -0.710. The number of hydrogen-bond donors (Lipinski definition) is 1. The van der Waals surface area contributed by atoms with Crippen molar-refractivity contribution in [2.24, 2.45) is 0 Å². The topological polar surface area (TPSA) is 40.5 Å². The number of thioether (sulfide) groups is 1. The van der Waals surface area contributed by atoms with Gasteiger partial charge in [-0.15, -0.1) is 11.8 Å². The highest BCUT2D eigenvalue weighted by molar-refractivity contribution is 7.99. The number of nitrogens with zero attached hydrogens (tertiary/aromatic N) is 1. The third-order valence-electron chi connectivity index (χ3n) is 3.90. The van der Waals surface area contributed by atoms with Gasteiger partial charge in [0, 0.05) is 24.4 Å². The van der Waals surface area contributed by atoms with Crippen LogP contribution in [0.5, 0.6) is 0 Å². The van der Waals surface area contributed by atoms with Gasteiger partial charge in [0.15, 0.2) is 0 Å². The predicted octanol–water partition coefficient (Wildman–Crippen LogP) is 3.34. The van der Waals surface area contributed by atoms with Crippen LogP contribution in [0.15, 0.2) is 24.3 Å². The van der Waals surface area contributed by atoms with Gasteiger partial charge in [-0.25, -0.2) is 0 Å². The third kappa shape index (κ3) is 5.20. The molecule has 1 saturated carbocycles. The average molecular weight is 328 g/mol. The van der Waals surface area contributed by atoms with E-state index in [0.29, 0.717) is 12.3 Å². The molecule has 21 heavy (non-hydrogen) atoms. The molecule has 0 bridgehead atoms. The highest BCUT2D eigenvalue weighted by Crippen LogP contribution is 2.30. The van der Waals surface area contributed by atoms with Crippen LogP contribution in [0.4, 0.5) is 0 Å². The van der Waals surface area contributed by atoms with Gasteiger partial charge in [-0.1, -0.05) is 36.6 Å². The molecule has 1 fully saturated rings. The van der Waals surface area contributed by atoms with E-state index in [2.05, 4.69) is 0 Å². The number of rotatable bonds is 6. The second kappa shape index (κ2) is 7.52. The lowest BCUT2D eigenvalue weighted by Crippen LogP contribution is -2.42. The molecule has 0 aliphatic heterocycles. The highest BCUT2D eigenvalue weighted by atomic mass is 35.5. The van der Waals surface area contributed by atoms with E-state index in [0.717, 1.165) is 42.0 Å². The summed E-state index contributed by atoms with van der Waals surface area (Å²) < 4.78 is 0. The molecule has 0 aromatic heterocycles. The first-order valence-corrected chi connectivity index (χ1v) is 8.80. The van der Waals surface area contributed by atoms with Crippen molar-refractivity contribution in [3.63, 3.8) is 0 Å². The number of carbonyl (C=O) groups is 1. The highest BCUT2D eigenvalue weighted by Gasteiger charge is 2.33. The number of hydrogen-bond acceptors (Lipinski definition) is 3. The standard InChI is InChI=1S/C16H22ClNO2S/c1-18(12-16(20)8-2-3-9-16)15(19)11-21-10-13-4-6-14(17)7-5-13/h4-7,20H,2-3,8-12H2,1H3. The Morgan fingerprint density at radius 2 is 1.95 bits per heavy atom. The second-order valence-corrected chi connectivity index (χ2v) is 7.22. The number of aliphatic hydroxyl groups is 1. The third-order valence-corrected chi connectivity index (χ3v) is 5.14. The zero-order chi connectivity index (χ0) is 15.3. The molecule has 1 N–H and O–H groups in total. The molecule has 1 aliphatic carbocycles. The summed E-state index contributed by atoms with van der Waals surface area (Å²) in [6.45, 7) is 0.452. The average Bonchev–Trinajstić information content (AvgIpc) is 2.87. The van der Waals surface area contributed by atoms with Crippen molar-refractivity contribution in [2.45, 2.75) is 37.0 Å². The van der Waals surface area contributed by atoms with E-state index < -0.39 is 5.60 Å². The van der Waals surface area contributed by atoms with Crippen molar-refractivity contribution < 1.29 is 9.90 Å². The summed E-state index contributed by atoms with van der Waals surface area (Å²) in [4.78, 5) is 13.8. The first-order chi connectivity index (χ1) is 9.98. The van der Waals surface area contributed by atoms with Crippen LogP contribution < -0.4 is 0 Å². The molecule has 0 radical (unpaired) electrons. The Labute approximate surface area is 135 Å². The SMILES string of the molecule is CN(CC1(O)CCCC1)C(=O)CSCc1ccc(Cl)cc1. The quantitative estimate of drug-likeness (QED) is 0.871. The van der Waals surface area contributed by atoms with Crippen LogP contribution in [0.3, 0.4) is 0 Å². The van der Waals surface area contributed by atoms with Crippen LogP contribution in [0.2, 0.25) is 5.02 Å². The van der Waals surface area contributed by atoms with Crippen LogP contribution in [0.1, 0.15) is 31.2 Å². The molecule has 0 atom stereocenters. The van der Waals surface area contributed by atoms with Crippen LogP contribution >= 0.6 is 23.4 Å². The Morgan fingerprint density at radius 1 is 1.33 bits per heavy atom. The van der Waals surface area contributed by atoms with Gasteiger partial charge in [-0.2, -0.15) is 0 Å². The van der Waals surface area contributed by atoms with Crippen LogP contribution in [0.25, 0.3) is 0 Å². The lowest BCUT2D eigenvalue weighted by Gasteiger charge is -2.28. The minimum absolute atomic E-state index is 0.0780. The summed E-state index contributed by atoms with van der Waals surface area (Å²) in [6, 6.07) is 7.68. The van der Waals surface area contributed by atoms with Gasteiger partial charge in [0.05, 0.1) is 11.4 Å². The number of amides is 1. The van der Waals surface area contributed by atoms with E-state index in [1.807, 2.05) is 24.3 Å². The van der Waals surface area contributed by atoms with Gasteiger partial charge in [0.2, 0.25) is 5.91 Å². The molecule has 0 saturated heterocycles. The van der Waals surface area contributed by atoms with E-state index in [4.69, 9.17) is 11.6 Å². The number of carbonyl (C=O) groups excluding carboxylic acids is 1. The Bertz CT molecular complexity index is 472. The van der Waals surface area contributed by atoms with Crippen molar-refractivity contribution >= 4 is 29.3 Å². The van der Waals surface area contributed by atoms with Gasteiger partial charge in [-0.3, -0.25) is 4.79 Å². The summed E-state index contributed by atoms with van der Waals surface area (Å²) in [5.41, 5.74) is 0.500.